The molecule has 152 valence electrons. The highest BCUT2D eigenvalue weighted by molar-refractivity contribution is 6.01. The molecule has 0 spiro atoms. The zero-order valence-electron chi connectivity index (χ0n) is 16.9. The van der Waals surface area contributed by atoms with Gasteiger partial charge in [-0.3, -0.25) is 9.59 Å². The molecule has 0 radical (unpaired) electrons. The largest absolute Gasteiger partial charge is 0.393 e. The van der Waals surface area contributed by atoms with Crippen LogP contribution in [0.1, 0.15) is 59.8 Å². The minimum absolute atomic E-state index is 0.0226. The van der Waals surface area contributed by atoms with Crippen molar-refractivity contribution in [3.63, 3.8) is 0 Å². The summed E-state index contributed by atoms with van der Waals surface area (Å²) < 4.78 is 0. The smallest absolute Gasteiger partial charge is 0.178 e. The van der Waals surface area contributed by atoms with Crippen molar-refractivity contribution in [3.05, 3.63) is 23.8 Å². The molecule has 5 heteroatoms. The molecule has 0 bridgehead atoms. The fourth-order valence-electron chi connectivity index (χ4n) is 5.50. The van der Waals surface area contributed by atoms with Gasteiger partial charge < -0.3 is 15.3 Å². The maximum Gasteiger partial charge on any atom is 0.178 e. The summed E-state index contributed by atoms with van der Waals surface area (Å²) in [6, 6.07) is 0. The summed E-state index contributed by atoms with van der Waals surface area (Å²) in [5.41, 5.74) is -0.630. The van der Waals surface area contributed by atoms with Crippen LogP contribution in [0.2, 0.25) is 0 Å². The maximum atomic E-state index is 12.0. The van der Waals surface area contributed by atoms with Crippen molar-refractivity contribution in [1.82, 2.24) is 0 Å². The van der Waals surface area contributed by atoms with E-state index in [1.165, 1.54) is 0 Å². The quantitative estimate of drug-likeness (QED) is 0.699. The van der Waals surface area contributed by atoms with E-state index in [-0.39, 0.29) is 29.8 Å². The number of allylic oxidation sites excluding steroid dienone is 4. The molecule has 3 aliphatic carbocycles. The van der Waals surface area contributed by atoms with Crippen LogP contribution < -0.4 is 0 Å². The van der Waals surface area contributed by atoms with Crippen molar-refractivity contribution in [3.8, 4) is 0 Å². The normalized spacial score (nSPS) is 40.7. The number of hydrogen-bond donors (Lipinski definition) is 3. The molecular formula is C22H34O5. The van der Waals surface area contributed by atoms with E-state index in [0.29, 0.717) is 12.8 Å². The average molecular weight is 379 g/mol. The van der Waals surface area contributed by atoms with Gasteiger partial charge in [-0.05, 0) is 49.7 Å². The Morgan fingerprint density at radius 1 is 1.30 bits per heavy atom. The minimum Gasteiger partial charge on any atom is -0.393 e. The Bertz CT molecular complexity index is 637. The lowest BCUT2D eigenvalue weighted by molar-refractivity contribution is -0.152. The number of carbonyl (C=O) groups is 2. The zero-order chi connectivity index (χ0) is 20.4. The average Bonchev–Trinajstić information content (AvgIpc) is 2.99. The maximum absolute atomic E-state index is 12.0. The number of rotatable bonds is 4. The number of hydrogen-bond acceptors (Lipinski definition) is 5. The Hall–Kier alpha value is -1.30. The molecule has 0 amide bonds. The third kappa shape index (κ3) is 3.69. The van der Waals surface area contributed by atoms with E-state index < -0.39 is 29.6 Å². The fourth-order valence-corrected chi connectivity index (χ4v) is 5.50. The van der Waals surface area contributed by atoms with Crippen molar-refractivity contribution in [2.24, 2.45) is 23.2 Å². The predicted octanol–water partition coefficient (Wildman–Crippen LogP) is 2.58. The molecular weight excluding hydrogens is 344 g/mol. The van der Waals surface area contributed by atoms with Crippen LogP contribution in [-0.4, -0.2) is 45.2 Å². The van der Waals surface area contributed by atoms with Crippen LogP contribution in [0.5, 0.6) is 0 Å². The van der Waals surface area contributed by atoms with Crippen molar-refractivity contribution in [2.75, 3.05) is 6.61 Å². The van der Waals surface area contributed by atoms with Gasteiger partial charge >= 0.3 is 0 Å². The standard InChI is InChI=1S/C20H28O5.C2H6/c1-3-12-8-14(22)6-7-19(12,2)16-9-13-4-5-15(18(24)11-21)20(13,25)10-17(16)23;1-2/h6-8,13,15-17,21,23,25H,3-5,9-11H2,1-2H3;1-2H3. The fraction of sp³-hybridized carbons (Fsp3) is 0.727. The van der Waals surface area contributed by atoms with Gasteiger partial charge in [0.05, 0.1) is 11.7 Å². The summed E-state index contributed by atoms with van der Waals surface area (Å²) in [5, 5.41) is 31.2. The third-order valence-corrected chi connectivity index (χ3v) is 6.95. The van der Waals surface area contributed by atoms with Gasteiger partial charge in [0.25, 0.3) is 0 Å². The lowest BCUT2D eigenvalue weighted by Crippen LogP contribution is -2.55. The molecule has 3 aliphatic rings. The number of aliphatic hydroxyl groups is 3. The Labute approximate surface area is 162 Å². The molecule has 0 saturated heterocycles. The second-order valence-corrected chi connectivity index (χ2v) is 8.10. The second kappa shape index (κ2) is 8.38. The van der Waals surface area contributed by atoms with Gasteiger partial charge in [-0.25, -0.2) is 0 Å². The molecule has 6 unspecified atom stereocenters. The van der Waals surface area contributed by atoms with E-state index in [1.807, 2.05) is 26.8 Å². The number of aliphatic hydroxyl groups excluding tert-OH is 2. The van der Waals surface area contributed by atoms with E-state index in [2.05, 4.69) is 6.92 Å². The van der Waals surface area contributed by atoms with Gasteiger partial charge in [-0.15, -0.1) is 0 Å². The highest BCUT2D eigenvalue weighted by Gasteiger charge is 2.58. The van der Waals surface area contributed by atoms with Crippen LogP contribution in [0.25, 0.3) is 0 Å². The first kappa shape index (κ1) is 22.0. The van der Waals surface area contributed by atoms with Gasteiger partial charge in [-0.1, -0.05) is 39.3 Å². The van der Waals surface area contributed by atoms with Crippen LogP contribution in [0.15, 0.2) is 23.8 Å². The molecule has 2 fully saturated rings. The minimum atomic E-state index is -1.23. The molecule has 0 aromatic heterocycles. The molecule has 0 aliphatic heterocycles. The van der Waals surface area contributed by atoms with Gasteiger partial charge in [-0.2, -0.15) is 0 Å². The summed E-state index contributed by atoms with van der Waals surface area (Å²) in [7, 11) is 0. The van der Waals surface area contributed by atoms with Gasteiger partial charge in [0.15, 0.2) is 11.6 Å². The molecule has 0 heterocycles. The van der Waals surface area contributed by atoms with Gasteiger partial charge in [0, 0.05) is 17.8 Å². The summed E-state index contributed by atoms with van der Waals surface area (Å²) in [6.07, 6.45) is 7.15. The lowest BCUT2D eigenvalue weighted by Gasteiger charge is -2.50. The Kier molecular flexibility index (Phi) is 6.82. The number of Topliss-reactive ketones (excluding diaryl/α,β-unsaturated/α-hetero) is 1. The first-order valence-electron chi connectivity index (χ1n) is 10.2. The van der Waals surface area contributed by atoms with Crippen molar-refractivity contribution < 1.29 is 24.9 Å². The molecule has 3 rings (SSSR count). The monoisotopic (exact) mass is 378 g/mol. The second-order valence-electron chi connectivity index (χ2n) is 8.10. The van der Waals surface area contributed by atoms with Crippen LogP contribution >= 0.6 is 0 Å². The molecule has 0 aromatic rings. The summed E-state index contributed by atoms with van der Waals surface area (Å²) in [4.78, 5) is 23.8. The van der Waals surface area contributed by atoms with Crippen molar-refractivity contribution in [1.29, 1.82) is 0 Å². The first-order valence-corrected chi connectivity index (χ1v) is 10.2. The van der Waals surface area contributed by atoms with Crippen molar-refractivity contribution in [2.45, 2.75) is 71.5 Å². The molecule has 5 nitrogen and oxygen atoms in total. The Balaban J connectivity index is 0.00000126. The molecule has 3 N–H and O–H groups in total. The van der Waals surface area contributed by atoms with E-state index in [9.17, 15) is 24.9 Å². The van der Waals surface area contributed by atoms with Gasteiger partial charge in [0.2, 0.25) is 0 Å². The summed E-state index contributed by atoms with van der Waals surface area (Å²) in [6.45, 7) is 7.49. The predicted molar refractivity (Wildman–Crippen MR) is 104 cm³/mol. The van der Waals surface area contributed by atoms with Crippen molar-refractivity contribution >= 4 is 11.6 Å². The van der Waals surface area contributed by atoms with E-state index >= 15 is 0 Å². The molecule has 27 heavy (non-hydrogen) atoms. The highest BCUT2D eigenvalue weighted by atomic mass is 16.3. The third-order valence-electron chi connectivity index (χ3n) is 6.95. The SMILES string of the molecule is CC.CCC1=CC(=O)C=CC1(C)C1CC2CCC(C(=O)CO)C2(O)CC1O. The van der Waals surface area contributed by atoms with Gasteiger partial charge in [0.1, 0.15) is 6.61 Å². The Morgan fingerprint density at radius 3 is 2.56 bits per heavy atom. The van der Waals surface area contributed by atoms with Crippen LogP contribution in [-0.2, 0) is 9.59 Å². The van der Waals surface area contributed by atoms with E-state index in [1.54, 1.807) is 12.2 Å². The van der Waals surface area contributed by atoms with E-state index in [0.717, 1.165) is 18.4 Å². The first-order chi connectivity index (χ1) is 12.8. The van der Waals surface area contributed by atoms with Crippen LogP contribution in [0.3, 0.4) is 0 Å². The molecule has 2 saturated carbocycles. The van der Waals surface area contributed by atoms with E-state index in [4.69, 9.17) is 0 Å². The number of fused-ring (bicyclic) bond motifs is 1. The summed E-state index contributed by atoms with van der Waals surface area (Å²) in [5.74, 6) is -1.11. The zero-order valence-corrected chi connectivity index (χ0v) is 16.9. The molecule has 6 atom stereocenters. The Morgan fingerprint density at radius 2 is 1.96 bits per heavy atom. The topological polar surface area (TPSA) is 94.8 Å². The molecule has 0 aromatic carbocycles. The van der Waals surface area contributed by atoms with Crippen LogP contribution in [0, 0.1) is 23.2 Å². The number of ketones is 2. The lowest BCUT2D eigenvalue weighted by atomic mass is 9.57. The number of carbonyl (C=O) groups excluding carboxylic acids is 2. The summed E-state index contributed by atoms with van der Waals surface area (Å²) >= 11 is 0. The highest BCUT2D eigenvalue weighted by Crippen LogP contribution is 2.56. The van der Waals surface area contributed by atoms with Crippen LogP contribution in [0.4, 0.5) is 0 Å².